The molecule has 0 saturated carbocycles. The number of non-ortho nitro benzene ring substituents is 1. The van der Waals surface area contributed by atoms with Crippen LogP contribution in [-0.2, 0) is 0 Å². The molecular weight excluding hydrogens is 389 g/mol. The number of hydrogen-bond acceptors (Lipinski definition) is 6. The average Bonchev–Trinajstić information content (AvgIpc) is 2.93. The second-order valence-electron chi connectivity index (χ2n) is 5.03. The minimum Gasteiger partial charge on any atom is -0.321 e. The van der Waals surface area contributed by atoms with Crippen molar-refractivity contribution in [1.82, 2.24) is 0 Å². The van der Waals surface area contributed by atoms with Crippen LogP contribution < -0.4 is 5.32 Å². The molecule has 11 heteroatoms. The van der Waals surface area contributed by atoms with Gasteiger partial charge in [-0.3, -0.25) is 25.0 Å². The fourth-order valence-electron chi connectivity index (χ4n) is 2.28. The molecule has 2 aromatic carbocycles. The highest BCUT2D eigenvalue weighted by molar-refractivity contribution is 7.22. The summed E-state index contributed by atoms with van der Waals surface area (Å²) in [6, 6.07) is 7.16. The van der Waals surface area contributed by atoms with Crippen LogP contribution in [0.2, 0.25) is 5.02 Å². The molecule has 0 aliphatic rings. The van der Waals surface area contributed by atoms with Crippen LogP contribution in [0.15, 0.2) is 36.4 Å². The van der Waals surface area contributed by atoms with E-state index in [2.05, 4.69) is 5.32 Å². The number of thiophene rings is 1. The van der Waals surface area contributed by atoms with E-state index in [4.69, 9.17) is 11.6 Å². The van der Waals surface area contributed by atoms with Gasteiger partial charge in [-0.25, -0.2) is 0 Å². The van der Waals surface area contributed by atoms with Crippen LogP contribution in [0.1, 0.15) is 9.67 Å². The maximum absolute atomic E-state index is 13.4. The zero-order valence-corrected chi connectivity index (χ0v) is 14.1. The molecule has 8 nitrogen and oxygen atoms in total. The number of fused-ring (bicyclic) bond motifs is 1. The van der Waals surface area contributed by atoms with Gasteiger partial charge in [0, 0.05) is 23.2 Å². The van der Waals surface area contributed by atoms with Crippen molar-refractivity contribution in [2.24, 2.45) is 0 Å². The lowest BCUT2D eigenvalue weighted by molar-refractivity contribution is -0.387. The highest BCUT2D eigenvalue weighted by Gasteiger charge is 2.23. The van der Waals surface area contributed by atoms with E-state index in [1.807, 2.05) is 0 Å². The summed E-state index contributed by atoms with van der Waals surface area (Å²) < 4.78 is 13.6. The van der Waals surface area contributed by atoms with Crippen molar-refractivity contribution in [2.75, 3.05) is 5.32 Å². The molecule has 3 rings (SSSR count). The normalized spacial score (nSPS) is 10.7. The Morgan fingerprint density at radius 3 is 2.46 bits per heavy atom. The van der Waals surface area contributed by atoms with Crippen molar-refractivity contribution in [1.29, 1.82) is 0 Å². The van der Waals surface area contributed by atoms with E-state index in [1.54, 1.807) is 6.07 Å². The molecule has 0 radical (unpaired) electrons. The summed E-state index contributed by atoms with van der Waals surface area (Å²) in [6.45, 7) is 0. The summed E-state index contributed by atoms with van der Waals surface area (Å²) in [5.74, 6) is -1.75. The fourth-order valence-corrected chi connectivity index (χ4v) is 3.77. The van der Waals surface area contributed by atoms with Gasteiger partial charge in [-0.05, 0) is 12.1 Å². The number of amides is 1. The van der Waals surface area contributed by atoms with E-state index in [9.17, 15) is 29.4 Å². The van der Waals surface area contributed by atoms with Gasteiger partial charge in [0.2, 0.25) is 5.82 Å². The van der Waals surface area contributed by atoms with Gasteiger partial charge >= 0.3 is 5.69 Å². The Labute approximate surface area is 153 Å². The van der Waals surface area contributed by atoms with E-state index in [0.717, 1.165) is 29.5 Å². The molecule has 0 spiro atoms. The Bertz CT molecular complexity index is 1080. The summed E-state index contributed by atoms with van der Waals surface area (Å²) in [5.41, 5.74) is -0.988. The molecule has 26 heavy (non-hydrogen) atoms. The fraction of sp³-hybridized carbons (Fsp3) is 0. The zero-order valence-electron chi connectivity index (χ0n) is 12.6. The number of nitro groups is 2. The van der Waals surface area contributed by atoms with Gasteiger partial charge in [0.05, 0.1) is 14.9 Å². The molecule has 0 atom stereocenters. The van der Waals surface area contributed by atoms with Gasteiger partial charge in [-0.2, -0.15) is 4.39 Å². The quantitative estimate of drug-likeness (QED) is 0.505. The van der Waals surface area contributed by atoms with Crippen LogP contribution in [0.25, 0.3) is 10.1 Å². The number of nitrogens with zero attached hydrogens (tertiary/aromatic N) is 2. The molecule has 1 amide bonds. The minimum absolute atomic E-state index is 0.00273. The summed E-state index contributed by atoms with van der Waals surface area (Å²) in [6.07, 6.45) is 0. The number of benzene rings is 2. The molecule has 1 heterocycles. The van der Waals surface area contributed by atoms with Gasteiger partial charge in [-0.15, -0.1) is 11.3 Å². The van der Waals surface area contributed by atoms with Crippen molar-refractivity contribution in [3.8, 4) is 0 Å². The first-order valence-corrected chi connectivity index (χ1v) is 8.09. The molecule has 132 valence electrons. The first kappa shape index (κ1) is 17.7. The third-order valence-corrected chi connectivity index (χ3v) is 5.17. The van der Waals surface area contributed by atoms with Crippen molar-refractivity contribution in [2.45, 2.75) is 0 Å². The van der Waals surface area contributed by atoms with Crippen LogP contribution >= 0.6 is 22.9 Å². The van der Waals surface area contributed by atoms with Crippen LogP contribution in [-0.4, -0.2) is 15.8 Å². The Hall–Kier alpha value is -3.11. The lowest BCUT2D eigenvalue weighted by Gasteiger charge is -2.04. The summed E-state index contributed by atoms with van der Waals surface area (Å²) in [4.78, 5) is 32.8. The maximum Gasteiger partial charge on any atom is 0.306 e. The minimum atomic E-state index is -1.04. The largest absolute Gasteiger partial charge is 0.321 e. The molecule has 0 aliphatic carbocycles. The Morgan fingerprint density at radius 1 is 1.12 bits per heavy atom. The van der Waals surface area contributed by atoms with Crippen LogP contribution in [0, 0.1) is 26.0 Å². The summed E-state index contributed by atoms with van der Waals surface area (Å²) in [7, 11) is 0. The number of rotatable bonds is 4. The zero-order chi connectivity index (χ0) is 19.0. The number of nitrogens with one attached hydrogen (secondary N) is 1. The molecule has 0 fully saturated rings. The number of carbonyl (C=O) groups is 1. The van der Waals surface area contributed by atoms with E-state index < -0.39 is 27.3 Å². The molecule has 0 unspecified atom stereocenters. The van der Waals surface area contributed by atoms with Crippen molar-refractivity contribution < 1.29 is 19.0 Å². The van der Waals surface area contributed by atoms with Gasteiger partial charge in [-0.1, -0.05) is 23.7 Å². The first-order chi connectivity index (χ1) is 12.3. The van der Waals surface area contributed by atoms with Crippen LogP contribution in [0.3, 0.4) is 0 Å². The Morgan fingerprint density at radius 2 is 1.81 bits per heavy atom. The smallest absolute Gasteiger partial charge is 0.306 e. The monoisotopic (exact) mass is 395 g/mol. The van der Waals surface area contributed by atoms with E-state index >= 15 is 0 Å². The first-order valence-electron chi connectivity index (χ1n) is 6.90. The number of hydrogen-bond donors (Lipinski definition) is 1. The van der Waals surface area contributed by atoms with Gasteiger partial charge in [0.25, 0.3) is 11.6 Å². The average molecular weight is 396 g/mol. The lowest BCUT2D eigenvalue weighted by Crippen LogP contribution is -2.11. The van der Waals surface area contributed by atoms with E-state index in [1.165, 1.54) is 12.1 Å². The molecule has 1 aromatic heterocycles. The molecule has 1 N–H and O–H groups in total. The van der Waals surface area contributed by atoms with Gasteiger partial charge in [0.15, 0.2) is 0 Å². The SMILES string of the molecule is O=C(Nc1ccc(F)c([N+](=O)[O-])c1)c1sc2c([N+](=O)[O-])cccc2c1Cl. The second kappa shape index (κ2) is 6.65. The van der Waals surface area contributed by atoms with E-state index in [-0.39, 0.29) is 26.0 Å². The Kier molecular flexibility index (Phi) is 4.53. The summed E-state index contributed by atoms with van der Waals surface area (Å²) in [5, 5.41) is 24.6. The number of anilines is 1. The van der Waals surface area contributed by atoms with Crippen molar-refractivity contribution in [3.05, 3.63) is 72.3 Å². The lowest BCUT2D eigenvalue weighted by atomic mass is 10.2. The summed E-state index contributed by atoms with van der Waals surface area (Å²) >= 11 is 6.99. The molecule has 0 saturated heterocycles. The topological polar surface area (TPSA) is 115 Å². The predicted octanol–water partition coefficient (Wildman–Crippen LogP) is 4.76. The molecule has 0 aliphatic heterocycles. The predicted molar refractivity (Wildman–Crippen MR) is 94.5 cm³/mol. The second-order valence-corrected chi connectivity index (χ2v) is 6.43. The maximum atomic E-state index is 13.4. The van der Waals surface area contributed by atoms with E-state index in [0.29, 0.717) is 5.39 Å². The Balaban J connectivity index is 2.00. The van der Waals surface area contributed by atoms with Gasteiger partial charge in [0.1, 0.15) is 9.58 Å². The molecule has 3 aromatic rings. The number of halogens is 2. The standard InChI is InChI=1S/C15H7ClFN3O5S/c16-12-8-2-1-3-10(19(22)23)13(8)26-14(12)15(21)18-7-4-5-9(17)11(6-7)20(24)25/h1-6H,(H,18,21). The van der Waals surface area contributed by atoms with Crippen LogP contribution in [0.4, 0.5) is 21.5 Å². The third kappa shape index (κ3) is 3.07. The van der Waals surface area contributed by atoms with Gasteiger partial charge < -0.3 is 5.32 Å². The van der Waals surface area contributed by atoms with Crippen molar-refractivity contribution in [3.63, 3.8) is 0 Å². The number of carbonyl (C=O) groups excluding carboxylic acids is 1. The number of nitro benzene ring substituents is 2. The molecule has 0 bridgehead atoms. The molecular formula is C15H7ClFN3O5S. The van der Waals surface area contributed by atoms with Crippen LogP contribution in [0.5, 0.6) is 0 Å². The van der Waals surface area contributed by atoms with Crippen molar-refractivity contribution >= 4 is 56.0 Å². The highest BCUT2D eigenvalue weighted by atomic mass is 35.5. The highest BCUT2D eigenvalue weighted by Crippen LogP contribution is 2.40. The third-order valence-electron chi connectivity index (χ3n) is 3.44.